The molecular weight excluding hydrogens is 404 g/mol. The fourth-order valence-corrected chi connectivity index (χ4v) is 3.33. The van der Waals surface area contributed by atoms with Crippen LogP contribution in [-0.4, -0.2) is 32.7 Å². The molecule has 1 aliphatic rings. The number of imidazole rings is 1. The van der Waals surface area contributed by atoms with E-state index in [-0.39, 0.29) is 24.3 Å². The molecule has 5 nitrogen and oxygen atoms in total. The minimum Gasteiger partial charge on any atom is -0.332 e. The molecule has 0 aliphatic carbocycles. The Morgan fingerprint density at radius 2 is 1.76 bits per heavy atom. The van der Waals surface area contributed by atoms with E-state index in [1.165, 1.54) is 11.8 Å². The van der Waals surface area contributed by atoms with Crippen molar-refractivity contribution in [3.63, 3.8) is 0 Å². The first kappa shape index (κ1) is 20.9. The zero-order chi connectivity index (χ0) is 21.5. The molecule has 1 atom stereocenters. The van der Waals surface area contributed by atoms with Crippen LogP contribution in [-0.2, 0) is 28.7 Å². The fraction of sp³-hybridized carbons (Fsp3) is 0.389. The first-order valence-corrected chi connectivity index (χ1v) is 8.56. The number of carbonyl (C=O) groups excluding carboxylic acids is 2. The Hall–Kier alpha value is -2.85. The van der Waals surface area contributed by atoms with Crippen molar-refractivity contribution < 1.29 is 35.9 Å². The van der Waals surface area contributed by atoms with E-state index >= 15 is 0 Å². The van der Waals surface area contributed by atoms with Crippen molar-refractivity contribution in [3.8, 4) is 0 Å². The van der Waals surface area contributed by atoms with Gasteiger partial charge >= 0.3 is 6.18 Å². The van der Waals surface area contributed by atoms with E-state index in [1.807, 2.05) is 0 Å². The highest BCUT2D eigenvalue weighted by atomic mass is 19.4. The molecule has 1 aromatic heterocycles. The number of halogens is 6. The van der Waals surface area contributed by atoms with Crippen LogP contribution in [0.25, 0.3) is 0 Å². The lowest BCUT2D eigenvalue weighted by molar-refractivity contribution is -0.148. The van der Waals surface area contributed by atoms with Gasteiger partial charge in [0.25, 0.3) is 0 Å². The summed E-state index contributed by atoms with van der Waals surface area (Å²) in [6.07, 6.45) is -4.86. The van der Waals surface area contributed by atoms with Gasteiger partial charge < -0.3 is 9.47 Å². The fourth-order valence-electron chi connectivity index (χ4n) is 3.33. The topological polar surface area (TPSA) is 55.2 Å². The summed E-state index contributed by atoms with van der Waals surface area (Å²) in [4.78, 5) is 29.2. The highest BCUT2D eigenvalue weighted by Crippen LogP contribution is 2.34. The predicted octanol–water partition coefficient (Wildman–Crippen LogP) is 3.42. The van der Waals surface area contributed by atoms with Crippen LogP contribution in [0.5, 0.6) is 0 Å². The molecule has 156 valence electrons. The van der Waals surface area contributed by atoms with Gasteiger partial charge in [-0.05, 0) is 18.6 Å². The SMILES string of the molecule is C[C@@H]1c2cnc(C(F)(F)F)n2CCN1C(=O)CC(=O)Cc1cc(F)c(F)cc1F. The molecule has 1 aliphatic heterocycles. The van der Waals surface area contributed by atoms with Gasteiger partial charge in [-0.25, -0.2) is 18.2 Å². The highest BCUT2D eigenvalue weighted by Gasteiger charge is 2.40. The van der Waals surface area contributed by atoms with Gasteiger partial charge in [0.1, 0.15) is 11.6 Å². The van der Waals surface area contributed by atoms with E-state index in [0.29, 0.717) is 12.1 Å². The van der Waals surface area contributed by atoms with Crippen LogP contribution in [0.4, 0.5) is 26.3 Å². The normalized spacial score (nSPS) is 16.7. The number of benzene rings is 1. The Morgan fingerprint density at radius 3 is 2.41 bits per heavy atom. The zero-order valence-electron chi connectivity index (χ0n) is 15.1. The Labute approximate surface area is 160 Å². The number of fused-ring (bicyclic) bond motifs is 1. The van der Waals surface area contributed by atoms with Gasteiger partial charge in [0.15, 0.2) is 11.6 Å². The van der Waals surface area contributed by atoms with E-state index in [9.17, 15) is 35.9 Å². The lowest BCUT2D eigenvalue weighted by Gasteiger charge is -2.35. The van der Waals surface area contributed by atoms with Crippen LogP contribution in [0.15, 0.2) is 18.3 Å². The average Bonchev–Trinajstić information content (AvgIpc) is 3.05. The highest BCUT2D eigenvalue weighted by molar-refractivity contribution is 5.99. The van der Waals surface area contributed by atoms with Gasteiger partial charge in [-0.1, -0.05) is 0 Å². The number of aromatic nitrogens is 2. The maximum absolute atomic E-state index is 13.7. The van der Waals surface area contributed by atoms with Gasteiger partial charge in [0.05, 0.1) is 24.4 Å². The average molecular weight is 419 g/mol. The second kappa shape index (κ2) is 7.53. The molecule has 2 aromatic rings. The number of hydrogen-bond acceptors (Lipinski definition) is 3. The lowest BCUT2D eigenvalue weighted by atomic mass is 10.0. The number of hydrogen-bond donors (Lipinski definition) is 0. The number of carbonyl (C=O) groups is 2. The summed E-state index contributed by atoms with van der Waals surface area (Å²) in [7, 11) is 0. The smallest absolute Gasteiger partial charge is 0.332 e. The molecule has 0 saturated carbocycles. The van der Waals surface area contributed by atoms with Gasteiger partial charge in [-0.15, -0.1) is 0 Å². The second-order valence-electron chi connectivity index (χ2n) is 6.67. The Kier molecular flexibility index (Phi) is 5.42. The standard InChI is InChI=1S/C18H15F6N3O2/c1-9-15-8-25-17(18(22,23)24)27(15)3-2-26(9)16(29)6-11(28)4-10-5-13(20)14(21)7-12(10)19/h5,7-9H,2-4,6H2,1H3/t9-/m1/s1. The van der Waals surface area contributed by atoms with Crippen molar-refractivity contribution in [2.24, 2.45) is 0 Å². The molecule has 0 saturated heterocycles. The molecule has 3 rings (SSSR count). The lowest BCUT2D eigenvalue weighted by Crippen LogP contribution is -2.42. The summed E-state index contributed by atoms with van der Waals surface area (Å²) in [6, 6.07) is 0.104. The Bertz CT molecular complexity index is 969. The number of Topliss-reactive ketones (excluding diaryl/α,β-unsaturated/α-hetero) is 1. The van der Waals surface area contributed by atoms with Crippen molar-refractivity contribution >= 4 is 11.7 Å². The first-order chi connectivity index (χ1) is 13.5. The summed E-state index contributed by atoms with van der Waals surface area (Å²) >= 11 is 0. The molecule has 0 radical (unpaired) electrons. The summed E-state index contributed by atoms with van der Waals surface area (Å²) in [5.74, 6) is -6.28. The molecule has 0 N–H and O–H groups in total. The van der Waals surface area contributed by atoms with Crippen LogP contribution in [0.3, 0.4) is 0 Å². The van der Waals surface area contributed by atoms with Crippen molar-refractivity contribution in [2.75, 3.05) is 6.54 Å². The Morgan fingerprint density at radius 1 is 1.10 bits per heavy atom. The second-order valence-corrected chi connectivity index (χ2v) is 6.67. The number of alkyl halides is 3. The molecule has 0 unspecified atom stereocenters. The maximum atomic E-state index is 13.7. The number of rotatable bonds is 4. The molecule has 11 heteroatoms. The van der Waals surface area contributed by atoms with Gasteiger partial charge in [0, 0.05) is 25.6 Å². The van der Waals surface area contributed by atoms with Gasteiger partial charge in [-0.2, -0.15) is 13.2 Å². The third-order valence-corrected chi connectivity index (χ3v) is 4.75. The molecule has 0 spiro atoms. The molecule has 2 heterocycles. The van der Waals surface area contributed by atoms with E-state index in [1.54, 1.807) is 0 Å². The Balaban J connectivity index is 1.69. The van der Waals surface area contributed by atoms with Crippen molar-refractivity contribution in [2.45, 2.75) is 38.5 Å². The molecule has 0 fully saturated rings. The zero-order valence-corrected chi connectivity index (χ0v) is 15.1. The van der Waals surface area contributed by atoms with Crippen LogP contribution >= 0.6 is 0 Å². The third kappa shape index (κ3) is 4.13. The minimum atomic E-state index is -4.63. The largest absolute Gasteiger partial charge is 0.449 e. The molecule has 0 bridgehead atoms. The molecular formula is C18H15F6N3O2. The molecule has 29 heavy (non-hydrogen) atoms. The summed E-state index contributed by atoms with van der Waals surface area (Å²) in [6.45, 7) is 1.29. The van der Waals surface area contributed by atoms with E-state index in [0.717, 1.165) is 10.8 Å². The molecule has 1 aromatic carbocycles. The van der Waals surface area contributed by atoms with Gasteiger partial charge in [-0.3, -0.25) is 9.59 Å². The maximum Gasteiger partial charge on any atom is 0.449 e. The van der Waals surface area contributed by atoms with E-state index in [4.69, 9.17) is 0 Å². The van der Waals surface area contributed by atoms with E-state index in [2.05, 4.69) is 4.98 Å². The third-order valence-electron chi connectivity index (χ3n) is 4.75. The summed E-state index contributed by atoms with van der Waals surface area (Å²) < 4.78 is 79.7. The van der Waals surface area contributed by atoms with Crippen molar-refractivity contribution in [1.29, 1.82) is 0 Å². The monoisotopic (exact) mass is 419 g/mol. The summed E-state index contributed by atoms with van der Waals surface area (Å²) in [5.41, 5.74) is -0.211. The number of nitrogens with zero attached hydrogens (tertiary/aromatic N) is 3. The predicted molar refractivity (Wildman–Crippen MR) is 87.0 cm³/mol. The van der Waals surface area contributed by atoms with Crippen molar-refractivity contribution in [3.05, 3.63) is 52.9 Å². The van der Waals surface area contributed by atoms with Crippen LogP contribution in [0.2, 0.25) is 0 Å². The first-order valence-electron chi connectivity index (χ1n) is 8.56. The minimum absolute atomic E-state index is 0.0702. The quantitative estimate of drug-likeness (QED) is 0.434. The van der Waals surface area contributed by atoms with E-state index < -0.39 is 60.0 Å². The summed E-state index contributed by atoms with van der Waals surface area (Å²) in [5, 5.41) is 0. The van der Waals surface area contributed by atoms with Crippen LogP contribution < -0.4 is 0 Å². The molecule has 1 amide bonds. The number of amides is 1. The van der Waals surface area contributed by atoms with Crippen LogP contribution in [0.1, 0.15) is 36.5 Å². The van der Waals surface area contributed by atoms with Crippen LogP contribution in [0, 0.1) is 17.5 Å². The number of ketones is 1. The van der Waals surface area contributed by atoms with Crippen molar-refractivity contribution in [1.82, 2.24) is 14.5 Å². The van der Waals surface area contributed by atoms with Gasteiger partial charge in [0.2, 0.25) is 11.7 Å².